The quantitative estimate of drug-likeness (QED) is 0.851. The fourth-order valence-corrected chi connectivity index (χ4v) is 2.78. The van der Waals surface area contributed by atoms with Gasteiger partial charge >= 0.3 is 0 Å². The summed E-state index contributed by atoms with van der Waals surface area (Å²) < 4.78 is 13.6. The lowest BCUT2D eigenvalue weighted by Gasteiger charge is -1.97. The van der Waals surface area contributed by atoms with Crippen LogP contribution in [0, 0.1) is 12.7 Å². The van der Waals surface area contributed by atoms with E-state index >= 15 is 0 Å². The number of aryl methyl sites for hydroxylation is 1. The molecule has 0 radical (unpaired) electrons. The van der Waals surface area contributed by atoms with Crippen molar-refractivity contribution in [3.8, 4) is 0 Å². The Morgan fingerprint density at radius 1 is 1.14 bits per heavy atom. The van der Waals surface area contributed by atoms with Gasteiger partial charge in [-0.1, -0.05) is 42.0 Å². The fourth-order valence-electron chi connectivity index (χ4n) is 1.95. The van der Waals surface area contributed by atoms with Gasteiger partial charge in [-0.2, -0.15) is 0 Å². The Hall–Kier alpha value is -2.40. The molecule has 2 aromatic carbocycles. The number of carbonyl (C=O) groups excluding carboxylic acids is 1. The van der Waals surface area contributed by atoms with Crippen LogP contribution in [0.1, 0.15) is 11.1 Å². The minimum absolute atomic E-state index is 0.210. The summed E-state index contributed by atoms with van der Waals surface area (Å²) in [6.07, 6.45) is 1.79. The van der Waals surface area contributed by atoms with Crippen molar-refractivity contribution in [3.05, 3.63) is 70.4 Å². The molecule has 1 amide bonds. The predicted molar refractivity (Wildman–Crippen MR) is 88.4 cm³/mol. The Balaban J connectivity index is 1.84. The van der Waals surface area contributed by atoms with Crippen molar-refractivity contribution >= 4 is 34.6 Å². The average Bonchev–Trinajstić information content (AvgIpc) is 2.84. The second kappa shape index (κ2) is 6.15. The maximum Gasteiger partial charge on any atom is 0.264 e. The Labute approximate surface area is 132 Å². The molecule has 0 saturated carbocycles. The van der Waals surface area contributed by atoms with Gasteiger partial charge in [0.2, 0.25) is 0 Å². The van der Waals surface area contributed by atoms with Gasteiger partial charge in [-0.3, -0.25) is 4.79 Å². The molecule has 0 aliphatic carbocycles. The molecule has 0 spiro atoms. The van der Waals surface area contributed by atoms with Crippen LogP contribution in [0.3, 0.4) is 0 Å². The van der Waals surface area contributed by atoms with Gasteiger partial charge in [0, 0.05) is 0 Å². The number of benzene rings is 2. The number of aliphatic imine (C=N–C) groups is 1. The van der Waals surface area contributed by atoms with Crippen LogP contribution in [0.2, 0.25) is 0 Å². The molecule has 2 aromatic rings. The number of nitrogens with zero attached hydrogens (tertiary/aromatic N) is 1. The molecule has 0 aromatic heterocycles. The first-order valence-corrected chi connectivity index (χ1v) is 7.54. The van der Waals surface area contributed by atoms with Gasteiger partial charge in [0.15, 0.2) is 5.17 Å². The van der Waals surface area contributed by atoms with Crippen LogP contribution >= 0.6 is 11.8 Å². The topological polar surface area (TPSA) is 41.5 Å². The third kappa shape index (κ3) is 3.26. The van der Waals surface area contributed by atoms with Crippen LogP contribution in [0.25, 0.3) is 6.08 Å². The number of amidine groups is 1. The number of rotatable bonds is 2. The highest BCUT2D eigenvalue weighted by molar-refractivity contribution is 8.18. The Morgan fingerprint density at radius 3 is 2.59 bits per heavy atom. The molecule has 3 nitrogen and oxygen atoms in total. The number of halogens is 1. The molecule has 1 aliphatic heterocycles. The molecule has 1 heterocycles. The first-order valence-electron chi connectivity index (χ1n) is 6.72. The number of amides is 1. The molecular weight excluding hydrogens is 299 g/mol. The first-order chi connectivity index (χ1) is 10.6. The van der Waals surface area contributed by atoms with Crippen molar-refractivity contribution in [2.45, 2.75) is 6.92 Å². The van der Waals surface area contributed by atoms with Gasteiger partial charge in [-0.25, -0.2) is 9.38 Å². The molecule has 0 unspecified atom stereocenters. The van der Waals surface area contributed by atoms with E-state index < -0.39 is 5.82 Å². The van der Waals surface area contributed by atoms with Gasteiger partial charge in [-0.15, -0.1) is 0 Å². The summed E-state index contributed by atoms with van der Waals surface area (Å²) in [5, 5.41) is 3.03. The molecule has 1 fully saturated rings. The minimum Gasteiger partial charge on any atom is -0.300 e. The van der Waals surface area contributed by atoms with Gasteiger partial charge in [0.05, 0.1) is 4.91 Å². The smallest absolute Gasteiger partial charge is 0.264 e. The maximum atomic E-state index is 13.6. The molecule has 5 heteroatoms. The van der Waals surface area contributed by atoms with Crippen molar-refractivity contribution in [1.29, 1.82) is 0 Å². The summed E-state index contributed by atoms with van der Waals surface area (Å²) in [6, 6.07) is 14.1. The third-order valence-corrected chi connectivity index (χ3v) is 4.01. The van der Waals surface area contributed by atoms with Crippen LogP contribution in [0.15, 0.2) is 58.4 Å². The Kier molecular flexibility index (Phi) is 4.06. The largest absolute Gasteiger partial charge is 0.300 e. The summed E-state index contributed by atoms with van der Waals surface area (Å²) in [5.74, 6) is -0.638. The van der Waals surface area contributed by atoms with Crippen molar-refractivity contribution < 1.29 is 9.18 Å². The normalized spacial score (nSPS) is 18.0. The molecule has 3 rings (SSSR count). The Morgan fingerprint density at radius 2 is 1.86 bits per heavy atom. The lowest BCUT2D eigenvalue weighted by atomic mass is 10.1. The molecular formula is C17H13FN2OS. The van der Waals surface area contributed by atoms with Crippen LogP contribution in [-0.2, 0) is 4.79 Å². The summed E-state index contributed by atoms with van der Waals surface area (Å²) in [5.41, 5.74) is 2.31. The van der Waals surface area contributed by atoms with E-state index in [0.717, 1.165) is 11.1 Å². The summed E-state index contributed by atoms with van der Waals surface area (Å²) in [7, 11) is 0. The number of carbonyl (C=O) groups is 1. The highest BCUT2D eigenvalue weighted by atomic mass is 32.2. The number of hydrogen-bond acceptors (Lipinski definition) is 3. The second-order valence-corrected chi connectivity index (χ2v) is 5.87. The highest BCUT2D eigenvalue weighted by Gasteiger charge is 2.24. The van der Waals surface area contributed by atoms with Crippen LogP contribution < -0.4 is 5.32 Å². The van der Waals surface area contributed by atoms with E-state index in [2.05, 4.69) is 10.3 Å². The first kappa shape index (κ1) is 14.5. The molecule has 22 heavy (non-hydrogen) atoms. The van der Waals surface area contributed by atoms with E-state index in [1.54, 1.807) is 24.3 Å². The summed E-state index contributed by atoms with van der Waals surface area (Å²) in [6.45, 7) is 2.01. The molecule has 1 aliphatic rings. The van der Waals surface area contributed by atoms with E-state index in [0.29, 0.717) is 10.1 Å². The molecule has 1 N–H and O–H groups in total. The van der Waals surface area contributed by atoms with E-state index in [-0.39, 0.29) is 11.6 Å². The van der Waals surface area contributed by atoms with E-state index in [4.69, 9.17) is 0 Å². The van der Waals surface area contributed by atoms with Crippen molar-refractivity contribution in [1.82, 2.24) is 5.32 Å². The van der Waals surface area contributed by atoms with Crippen LogP contribution in [0.5, 0.6) is 0 Å². The molecule has 0 bridgehead atoms. The van der Waals surface area contributed by atoms with Crippen LogP contribution in [-0.4, -0.2) is 11.1 Å². The van der Waals surface area contributed by atoms with Crippen molar-refractivity contribution in [2.24, 2.45) is 4.99 Å². The van der Waals surface area contributed by atoms with Gasteiger partial charge in [-0.05, 0) is 42.5 Å². The average molecular weight is 312 g/mol. The van der Waals surface area contributed by atoms with E-state index in [1.807, 2.05) is 31.2 Å². The zero-order chi connectivity index (χ0) is 15.5. The molecule has 1 saturated heterocycles. The molecule has 0 atom stereocenters. The van der Waals surface area contributed by atoms with Gasteiger partial charge < -0.3 is 5.32 Å². The number of nitrogens with one attached hydrogen (secondary N) is 1. The zero-order valence-electron chi connectivity index (χ0n) is 11.8. The predicted octanol–water partition coefficient (Wildman–Crippen LogP) is 4.03. The standard InChI is InChI=1S/C17H13FN2OS/c1-11-6-8-12(9-7-11)10-15-16(21)20-17(22-15)19-14-5-3-2-4-13(14)18/h2-10H,1H3,(H,19,20,21). The zero-order valence-corrected chi connectivity index (χ0v) is 12.7. The maximum absolute atomic E-state index is 13.6. The number of thioether (sulfide) groups is 1. The lowest BCUT2D eigenvalue weighted by molar-refractivity contribution is -0.115. The van der Waals surface area contributed by atoms with Crippen molar-refractivity contribution in [2.75, 3.05) is 0 Å². The third-order valence-electron chi connectivity index (χ3n) is 3.10. The van der Waals surface area contributed by atoms with E-state index in [1.165, 1.54) is 17.8 Å². The van der Waals surface area contributed by atoms with Gasteiger partial charge in [0.25, 0.3) is 5.91 Å². The fraction of sp³-hybridized carbons (Fsp3) is 0.0588. The lowest BCUT2D eigenvalue weighted by Crippen LogP contribution is -2.19. The monoisotopic (exact) mass is 312 g/mol. The van der Waals surface area contributed by atoms with E-state index in [9.17, 15) is 9.18 Å². The van der Waals surface area contributed by atoms with Gasteiger partial charge in [0.1, 0.15) is 11.5 Å². The SMILES string of the molecule is Cc1ccc(C=C2SC(=Nc3ccccc3F)NC2=O)cc1. The minimum atomic E-state index is -0.416. The number of hydrogen-bond donors (Lipinski definition) is 1. The Bertz CT molecular complexity index is 782. The second-order valence-electron chi connectivity index (χ2n) is 4.84. The number of para-hydroxylation sites is 1. The van der Waals surface area contributed by atoms with Crippen molar-refractivity contribution in [3.63, 3.8) is 0 Å². The van der Waals surface area contributed by atoms with Crippen LogP contribution in [0.4, 0.5) is 10.1 Å². The highest BCUT2D eigenvalue weighted by Crippen LogP contribution is 2.28. The molecule has 110 valence electrons. The summed E-state index contributed by atoms with van der Waals surface area (Å²) >= 11 is 1.21. The summed E-state index contributed by atoms with van der Waals surface area (Å²) in [4.78, 5) is 16.6.